The second-order valence-electron chi connectivity index (χ2n) is 4.33. The first kappa shape index (κ1) is 14.2. The zero-order valence-electron chi connectivity index (χ0n) is 10.7. The van der Waals surface area contributed by atoms with Gasteiger partial charge in [0, 0.05) is 16.2 Å². The molecule has 17 heavy (non-hydrogen) atoms. The Hall–Kier alpha value is -0.870. The van der Waals surface area contributed by atoms with Gasteiger partial charge in [0.15, 0.2) is 0 Å². The van der Waals surface area contributed by atoms with Crippen molar-refractivity contribution in [2.45, 2.75) is 46.1 Å². The van der Waals surface area contributed by atoms with Crippen molar-refractivity contribution in [1.82, 2.24) is 5.32 Å². The van der Waals surface area contributed by atoms with Crippen LogP contribution in [-0.2, 0) is 11.3 Å². The van der Waals surface area contributed by atoms with Crippen LogP contribution in [0.1, 0.15) is 41.0 Å². The first-order valence-electron chi connectivity index (χ1n) is 6.16. The Kier molecular flexibility index (Phi) is 6.22. The quantitative estimate of drug-likeness (QED) is 0.735. The summed E-state index contributed by atoms with van der Waals surface area (Å²) in [5, 5.41) is 2.96. The molecule has 0 saturated heterocycles. The van der Waals surface area contributed by atoms with Crippen molar-refractivity contribution < 1.29 is 4.79 Å². The van der Waals surface area contributed by atoms with Crippen molar-refractivity contribution in [2.24, 2.45) is 5.73 Å². The third kappa shape index (κ3) is 5.33. The highest BCUT2D eigenvalue weighted by molar-refractivity contribution is 7.12. The second kappa shape index (κ2) is 7.45. The van der Waals surface area contributed by atoms with Gasteiger partial charge in [-0.15, -0.1) is 11.3 Å². The summed E-state index contributed by atoms with van der Waals surface area (Å²) >= 11 is 1.76. The maximum absolute atomic E-state index is 11.5. The van der Waals surface area contributed by atoms with Gasteiger partial charge in [-0.3, -0.25) is 4.79 Å². The number of carbonyl (C=O) groups excluding carboxylic acids is 1. The summed E-state index contributed by atoms with van der Waals surface area (Å²) in [4.78, 5) is 14.1. The molecule has 1 aromatic rings. The van der Waals surface area contributed by atoms with E-state index in [4.69, 9.17) is 5.73 Å². The van der Waals surface area contributed by atoms with Gasteiger partial charge in [-0.05, 0) is 44.9 Å². The summed E-state index contributed by atoms with van der Waals surface area (Å²) in [6.45, 7) is 5.59. The predicted octanol–water partition coefficient (Wildman–Crippen LogP) is 2.50. The molecule has 96 valence electrons. The molecule has 1 amide bonds. The zero-order chi connectivity index (χ0) is 12.7. The first-order chi connectivity index (χ1) is 8.13. The number of hydrogen-bond donors (Lipinski definition) is 2. The van der Waals surface area contributed by atoms with Crippen LogP contribution in [0.25, 0.3) is 0 Å². The van der Waals surface area contributed by atoms with Crippen LogP contribution in [0.5, 0.6) is 0 Å². The Balaban J connectivity index is 2.19. The highest BCUT2D eigenvalue weighted by Gasteiger charge is 2.04. The highest BCUT2D eigenvalue weighted by atomic mass is 32.1. The third-order valence-electron chi connectivity index (χ3n) is 2.78. The molecule has 0 aliphatic rings. The Morgan fingerprint density at radius 3 is 2.71 bits per heavy atom. The molecule has 1 aromatic heterocycles. The van der Waals surface area contributed by atoms with Crippen molar-refractivity contribution in [2.75, 3.05) is 6.54 Å². The summed E-state index contributed by atoms with van der Waals surface area (Å²) in [5.41, 5.74) is 6.70. The van der Waals surface area contributed by atoms with E-state index in [1.807, 2.05) is 0 Å². The van der Waals surface area contributed by atoms with Crippen molar-refractivity contribution in [1.29, 1.82) is 0 Å². The molecular weight excluding hydrogens is 232 g/mol. The van der Waals surface area contributed by atoms with E-state index in [-0.39, 0.29) is 5.91 Å². The molecule has 0 unspecified atom stereocenters. The number of rotatable bonds is 7. The molecule has 0 spiro atoms. The van der Waals surface area contributed by atoms with Crippen molar-refractivity contribution in [3.05, 3.63) is 21.4 Å². The van der Waals surface area contributed by atoms with Gasteiger partial charge in [0.2, 0.25) is 5.91 Å². The van der Waals surface area contributed by atoms with E-state index in [2.05, 4.69) is 25.2 Å². The topological polar surface area (TPSA) is 55.1 Å². The smallest absolute Gasteiger partial charge is 0.220 e. The minimum Gasteiger partial charge on any atom is -0.351 e. The normalized spacial score (nSPS) is 10.5. The monoisotopic (exact) mass is 254 g/mol. The van der Waals surface area contributed by atoms with Crippen LogP contribution in [0, 0.1) is 13.8 Å². The summed E-state index contributed by atoms with van der Waals surface area (Å²) in [5.74, 6) is 0.144. The molecule has 1 rings (SSSR count). The average Bonchev–Trinajstić information content (AvgIpc) is 2.62. The van der Waals surface area contributed by atoms with E-state index in [1.165, 1.54) is 15.3 Å². The molecule has 4 heteroatoms. The van der Waals surface area contributed by atoms with Crippen LogP contribution < -0.4 is 11.1 Å². The fourth-order valence-corrected chi connectivity index (χ4v) is 2.61. The summed E-state index contributed by atoms with van der Waals surface area (Å²) in [6, 6.07) is 2.15. The minimum atomic E-state index is 0.144. The van der Waals surface area contributed by atoms with Gasteiger partial charge in [0.05, 0.1) is 6.54 Å². The van der Waals surface area contributed by atoms with Gasteiger partial charge >= 0.3 is 0 Å². The fourth-order valence-electron chi connectivity index (χ4n) is 1.62. The van der Waals surface area contributed by atoms with Crippen LogP contribution in [-0.4, -0.2) is 12.5 Å². The van der Waals surface area contributed by atoms with E-state index in [0.29, 0.717) is 13.0 Å². The van der Waals surface area contributed by atoms with Gasteiger partial charge in [-0.2, -0.15) is 0 Å². The Bertz CT molecular complexity index is 341. The molecule has 0 aromatic carbocycles. The van der Waals surface area contributed by atoms with Crippen molar-refractivity contribution in [3.63, 3.8) is 0 Å². The van der Waals surface area contributed by atoms with Crippen LogP contribution in [0.2, 0.25) is 0 Å². The molecule has 0 bridgehead atoms. The lowest BCUT2D eigenvalue weighted by molar-refractivity contribution is -0.121. The van der Waals surface area contributed by atoms with Crippen LogP contribution in [0.3, 0.4) is 0 Å². The van der Waals surface area contributed by atoms with Crippen LogP contribution >= 0.6 is 11.3 Å². The van der Waals surface area contributed by atoms with Gasteiger partial charge < -0.3 is 11.1 Å². The molecule has 0 aliphatic heterocycles. The third-order valence-corrected chi connectivity index (χ3v) is 3.94. The molecule has 0 fully saturated rings. The maximum atomic E-state index is 11.5. The lowest BCUT2D eigenvalue weighted by atomic mass is 10.2. The van der Waals surface area contributed by atoms with Crippen LogP contribution in [0.4, 0.5) is 0 Å². The lowest BCUT2D eigenvalue weighted by Crippen LogP contribution is -2.21. The van der Waals surface area contributed by atoms with Gasteiger partial charge in [0.1, 0.15) is 0 Å². The van der Waals surface area contributed by atoms with Crippen molar-refractivity contribution >= 4 is 17.2 Å². The Morgan fingerprint density at radius 2 is 2.12 bits per heavy atom. The molecule has 0 radical (unpaired) electrons. The molecular formula is C13H22N2OS. The van der Waals surface area contributed by atoms with Gasteiger partial charge in [-0.1, -0.05) is 6.42 Å². The SMILES string of the molecule is Cc1cc(CNC(=O)CCCCCN)sc1C. The molecule has 3 N–H and O–H groups in total. The Labute approximate surface area is 107 Å². The number of nitrogens with two attached hydrogens (primary N) is 1. The highest BCUT2D eigenvalue weighted by Crippen LogP contribution is 2.20. The van der Waals surface area contributed by atoms with Gasteiger partial charge in [0.25, 0.3) is 0 Å². The van der Waals surface area contributed by atoms with Gasteiger partial charge in [-0.25, -0.2) is 0 Å². The van der Waals surface area contributed by atoms with E-state index in [1.54, 1.807) is 11.3 Å². The number of aryl methyl sites for hydroxylation is 2. The average molecular weight is 254 g/mol. The lowest BCUT2D eigenvalue weighted by Gasteiger charge is -2.03. The van der Waals surface area contributed by atoms with E-state index in [9.17, 15) is 4.79 Å². The van der Waals surface area contributed by atoms with Crippen molar-refractivity contribution in [3.8, 4) is 0 Å². The summed E-state index contributed by atoms with van der Waals surface area (Å²) in [7, 11) is 0. The number of amides is 1. The number of carbonyl (C=O) groups is 1. The van der Waals surface area contributed by atoms with E-state index >= 15 is 0 Å². The number of nitrogens with one attached hydrogen (secondary N) is 1. The number of hydrogen-bond acceptors (Lipinski definition) is 3. The number of thiophene rings is 1. The number of unbranched alkanes of at least 4 members (excludes halogenated alkanes) is 2. The van der Waals surface area contributed by atoms with E-state index < -0.39 is 0 Å². The second-order valence-corrected chi connectivity index (χ2v) is 5.67. The first-order valence-corrected chi connectivity index (χ1v) is 6.98. The largest absolute Gasteiger partial charge is 0.351 e. The zero-order valence-corrected chi connectivity index (χ0v) is 11.5. The summed E-state index contributed by atoms with van der Waals surface area (Å²) < 4.78 is 0. The summed E-state index contributed by atoms with van der Waals surface area (Å²) in [6.07, 6.45) is 3.60. The minimum absolute atomic E-state index is 0.144. The van der Waals surface area contributed by atoms with Crippen LogP contribution in [0.15, 0.2) is 6.07 Å². The standard InChI is InChI=1S/C13H22N2OS/c1-10-8-12(17-11(10)2)9-15-13(16)6-4-3-5-7-14/h8H,3-7,9,14H2,1-2H3,(H,15,16). The molecule has 0 aliphatic carbocycles. The Morgan fingerprint density at radius 1 is 1.35 bits per heavy atom. The molecule has 0 saturated carbocycles. The molecule has 0 atom stereocenters. The molecule has 3 nitrogen and oxygen atoms in total. The molecule has 1 heterocycles. The fraction of sp³-hybridized carbons (Fsp3) is 0.615. The van der Waals surface area contributed by atoms with E-state index in [0.717, 1.165) is 25.8 Å². The predicted molar refractivity (Wildman–Crippen MR) is 73.2 cm³/mol. The maximum Gasteiger partial charge on any atom is 0.220 e.